The zero-order chi connectivity index (χ0) is 22.9. The highest BCUT2D eigenvalue weighted by Gasteiger charge is 2.25. The molecule has 0 amide bonds. The molecule has 0 spiro atoms. The van der Waals surface area contributed by atoms with Crippen LogP contribution in [0.1, 0.15) is 90.5 Å². The first kappa shape index (κ1) is 25.4. The second kappa shape index (κ2) is 12.9. The van der Waals surface area contributed by atoms with Crippen LogP contribution in [0, 0.1) is 17.8 Å². The minimum atomic E-state index is 0.249. The molecule has 0 aromatic carbocycles. The third kappa shape index (κ3) is 7.98. The van der Waals surface area contributed by atoms with Gasteiger partial charge in [0.15, 0.2) is 0 Å². The maximum absolute atomic E-state index is 12.0. The predicted molar refractivity (Wildman–Crippen MR) is 133 cm³/mol. The molecule has 0 saturated carbocycles. The molecule has 2 saturated heterocycles. The van der Waals surface area contributed by atoms with Gasteiger partial charge in [-0.3, -0.25) is 9.48 Å². The van der Waals surface area contributed by atoms with Crippen LogP contribution in [0.4, 0.5) is 0 Å². The number of hydrogen-bond acceptors (Lipinski definition) is 4. The maximum atomic E-state index is 12.0. The first-order valence-corrected chi connectivity index (χ1v) is 13.4. The van der Waals surface area contributed by atoms with Crippen LogP contribution in [0.2, 0.25) is 0 Å². The summed E-state index contributed by atoms with van der Waals surface area (Å²) in [6.07, 6.45) is 13.6. The number of carbonyl (C=O) groups excluding carboxylic acids is 1. The third-order valence-electron chi connectivity index (χ3n) is 8.01. The van der Waals surface area contributed by atoms with Gasteiger partial charge in [-0.1, -0.05) is 27.7 Å². The van der Waals surface area contributed by atoms with Crippen molar-refractivity contribution in [1.29, 1.82) is 0 Å². The van der Waals surface area contributed by atoms with Gasteiger partial charge in [0.1, 0.15) is 5.78 Å². The molecule has 5 nitrogen and oxygen atoms in total. The second-order valence-corrected chi connectivity index (χ2v) is 10.9. The van der Waals surface area contributed by atoms with Crippen LogP contribution in [0.5, 0.6) is 0 Å². The Morgan fingerprint density at radius 1 is 0.969 bits per heavy atom. The molecule has 5 heteroatoms. The van der Waals surface area contributed by atoms with Crippen LogP contribution in [-0.4, -0.2) is 64.6 Å². The van der Waals surface area contributed by atoms with Gasteiger partial charge in [-0.2, -0.15) is 5.10 Å². The molecule has 182 valence electrons. The smallest absolute Gasteiger partial charge is 0.135 e. The fraction of sp³-hybridized carbons (Fsp3) is 0.852. The molecule has 0 aliphatic carbocycles. The molecule has 2 aliphatic heterocycles. The number of likely N-dealkylation sites (tertiary alicyclic amines) is 2. The summed E-state index contributed by atoms with van der Waals surface area (Å²) < 4.78 is 2.17. The average molecular weight is 445 g/mol. The number of aromatic nitrogens is 2. The molecule has 3 rings (SSSR count). The highest BCUT2D eigenvalue weighted by Crippen LogP contribution is 2.24. The summed E-state index contributed by atoms with van der Waals surface area (Å²) in [5.41, 5.74) is 1.35. The highest BCUT2D eigenvalue weighted by molar-refractivity contribution is 5.80. The molecule has 0 radical (unpaired) electrons. The van der Waals surface area contributed by atoms with Crippen LogP contribution in [0.3, 0.4) is 0 Å². The van der Waals surface area contributed by atoms with Gasteiger partial charge < -0.3 is 9.80 Å². The molecule has 0 bridgehead atoms. The van der Waals surface area contributed by atoms with Crippen molar-refractivity contribution in [3.8, 4) is 0 Å². The summed E-state index contributed by atoms with van der Waals surface area (Å²) in [5.74, 6) is 2.92. The lowest BCUT2D eigenvalue weighted by Crippen LogP contribution is -2.42. The Kier molecular flexibility index (Phi) is 10.2. The van der Waals surface area contributed by atoms with Gasteiger partial charge in [-0.05, 0) is 101 Å². The van der Waals surface area contributed by atoms with Crippen molar-refractivity contribution in [3.63, 3.8) is 0 Å². The lowest BCUT2D eigenvalue weighted by atomic mass is 9.92. The van der Waals surface area contributed by atoms with Crippen LogP contribution in [0.25, 0.3) is 0 Å². The fourth-order valence-electron chi connectivity index (χ4n) is 5.26. The van der Waals surface area contributed by atoms with Crippen LogP contribution in [-0.2, 0) is 11.3 Å². The number of carbonyl (C=O) groups is 1. The Morgan fingerprint density at radius 3 is 2.19 bits per heavy atom. The molecular formula is C27H48N4O. The monoisotopic (exact) mass is 444 g/mol. The Labute approximate surface area is 196 Å². The number of Topliss-reactive ketones (excluding diaryl/α,β-unsaturated/α-hetero) is 1. The molecule has 0 N–H and O–H groups in total. The number of ketones is 1. The van der Waals surface area contributed by atoms with E-state index in [1.807, 2.05) is 6.20 Å². The van der Waals surface area contributed by atoms with Crippen molar-refractivity contribution in [2.24, 2.45) is 17.8 Å². The molecule has 1 atom stereocenters. The zero-order valence-electron chi connectivity index (χ0n) is 21.3. The molecule has 2 aliphatic rings. The summed E-state index contributed by atoms with van der Waals surface area (Å²) in [7, 11) is 0. The average Bonchev–Trinajstić information content (AvgIpc) is 3.27. The van der Waals surface area contributed by atoms with Crippen molar-refractivity contribution in [1.82, 2.24) is 19.6 Å². The van der Waals surface area contributed by atoms with E-state index in [9.17, 15) is 4.79 Å². The number of hydrogen-bond donors (Lipinski definition) is 0. The van der Waals surface area contributed by atoms with Crippen molar-refractivity contribution < 1.29 is 4.79 Å². The molecule has 2 fully saturated rings. The van der Waals surface area contributed by atoms with E-state index in [1.54, 1.807) is 0 Å². The van der Waals surface area contributed by atoms with E-state index in [0.29, 0.717) is 11.7 Å². The molecule has 1 aromatic heterocycles. The van der Waals surface area contributed by atoms with Gasteiger partial charge in [0.05, 0.1) is 6.20 Å². The molecule has 3 heterocycles. The lowest BCUT2D eigenvalue weighted by molar-refractivity contribution is -0.122. The predicted octanol–water partition coefficient (Wildman–Crippen LogP) is 5.22. The summed E-state index contributed by atoms with van der Waals surface area (Å²) >= 11 is 0. The minimum absolute atomic E-state index is 0.249. The molecule has 1 unspecified atom stereocenters. The van der Waals surface area contributed by atoms with Crippen molar-refractivity contribution in [3.05, 3.63) is 18.0 Å². The zero-order valence-corrected chi connectivity index (χ0v) is 21.3. The summed E-state index contributed by atoms with van der Waals surface area (Å²) in [6.45, 7) is 17.2. The van der Waals surface area contributed by atoms with E-state index < -0.39 is 0 Å². The SMILES string of the molecule is CCC(C)C(=O)CCCCN1CCC(CN2CCC(Cn3cc(C(C)C)cn3)CC2)CC1. The van der Waals surface area contributed by atoms with Gasteiger partial charge in [0, 0.05) is 31.6 Å². The standard InChI is InChI=1S/C27H48N4O/c1-5-23(4)27(32)8-6-7-13-29-14-9-24(10-15-29)19-30-16-11-25(12-17-30)20-31-21-26(18-28-31)22(2)3/h18,21-25H,5-17,19-20H2,1-4H3. The van der Waals surface area contributed by atoms with E-state index in [0.717, 1.165) is 37.6 Å². The normalized spacial score (nSPS) is 20.8. The largest absolute Gasteiger partial charge is 0.303 e. The minimum Gasteiger partial charge on any atom is -0.303 e. The molecule has 1 aromatic rings. The first-order chi connectivity index (χ1) is 15.4. The molecule has 32 heavy (non-hydrogen) atoms. The van der Waals surface area contributed by atoms with Crippen LogP contribution < -0.4 is 0 Å². The van der Waals surface area contributed by atoms with Crippen LogP contribution in [0.15, 0.2) is 12.4 Å². The Balaban J connectivity index is 1.25. The quantitative estimate of drug-likeness (QED) is 0.415. The van der Waals surface area contributed by atoms with Crippen LogP contribution >= 0.6 is 0 Å². The Hall–Kier alpha value is -1.20. The van der Waals surface area contributed by atoms with Gasteiger partial charge in [-0.15, -0.1) is 0 Å². The van der Waals surface area contributed by atoms with Gasteiger partial charge in [0.2, 0.25) is 0 Å². The second-order valence-electron chi connectivity index (χ2n) is 10.9. The Bertz CT molecular complexity index is 669. The van der Waals surface area contributed by atoms with Crippen molar-refractivity contribution in [2.75, 3.05) is 39.3 Å². The van der Waals surface area contributed by atoms with Gasteiger partial charge in [-0.25, -0.2) is 0 Å². The number of nitrogens with zero attached hydrogens (tertiary/aromatic N) is 4. The number of piperidine rings is 2. The van der Waals surface area contributed by atoms with E-state index >= 15 is 0 Å². The van der Waals surface area contributed by atoms with Gasteiger partial charge >= 0.3 is 0 Å². The fourth-order valence-corrected chi connectivity index (χ4v) is 5.26. The topological polar surface area (TPSA) is 41.4 Å². The summed E-state index contributed by atoms with van der Waals surface area (Å²) in [5, 5.41) is 4.58. The number of unbranched alkanes of at least 4 members (excludes halogenated alkanes) is 1. The highest BCUT2D eigenvalue weighted by atomic mass is 16.1. The summed E-state index contributed by atoms with van der Waals surface area (Å²) in [4.78, 5) is 17.3. The summed E-state index contributed by atoms with van der Waals surface area (Å²) in [6, 6.07) is 0. The van der Waals surface area contributed by atoms with E-state index in [4.69, 9.17) is 0 Å². The van der Waals surface area contributed by atoms with Crippen molar-refractivity contribution in [2.45, 2.75) is 91.5 Å². The molecular weight excluding hydrogens is 396 g/mol. The first-order valence-electron chi connectivity index (χ1n) is 13.4. The van der Waals surface area contributed by atoms with E-state index in [2.05, 4.69) is 53.5 Å². The van der Waals surface area contributed by atoms with Gasteiger partial charge in [0.25, 0.3) is 0 Å². The van der Waals surface area contributed by atoms with E-state index in [-0.39, 0.29) is 5.92 Å². The van der Waals surface area contributed by atoms with Crippen molar-refractivity contribution >= 4 is 5.78 Å². The lowest BCUT2D eigenvalue weighted by Gasteiger charge is -2.37. The Morgan fingerprint density at radius 2 is 1.59 bits per heavy atom. The number of rotatable bonds is 12. The maximum Gasteiger partial charge on any atom is 0.135 e. The van der Waals surface area contributed by atoms with E-state index in [1.165, 1.54) is 76.9 Å². The third-order valence-corrected chi connectivity index (χ3v) is 8.01.